The van der Waals surface area contributed by atoms with Gasteiger partial charge in [-0.15, -0.1) is 0 Å². The smallest absolute Gasteiger partial charge is 0.178 e. The predicted octanol–water partition coefficient (Wildman–Crippen LogP) is 3.35. The van der Waals surface area contributed by atoms with Crippen molar-refractivity contribution in [2.45, 2.75) is 0 Å². The average Bonchev–Trinajstić information content (AvgIpc) is 2.73. The van der Waals surface area contributed by atoms with Gasteiger partial charge in [-0.3, -0.25) is 0 Å². The summed E-state index contributed by atoms with van der Waals surface area (Å²) >= 11 is 0. The summed E-state index contributed by atoms with van der Waals surface area (Å²) in [5.74, 6) is 1.52. The van der Waals surface area contributed by atoms with Gasteiger partial charge in [-0.05, 0) is 0 Å². The fourth-order valence-electron chi connectivity index (χ4n) is 2.98. The topological polar surface area (TPSA) is 44.8 Å². The van der Waals surface area contributed by atoms with Crippen molar-refractivity contribution in [2.75, 3.05) is 21.3 Å². The Balaban J connectivity index is 2.40. The molecule has 0 amide bonds. The molecule has 3 rings (SSSR count). The Morgan fingerprint density at radius 2 is 1.08 bits per heavy atom. The van der Waals surface area contributed by atoms with Gasteiger partial charge < -0.3 is 18.8 Å². The Labute approximate surface area is 153 Å². The molecular formula is C21H21O4P. The summed E-state index contributed by atoms with van der Waals surface area (Å²) in [6, 6.07) is 22.3. The van der Waals surface area contributed by atoms with Crippen LogP contribution in [0.15, 0.2) is 72.8 Å². The van der Waals surface area contributed by atoms with Crippen molar-refractivity contribution in [1.29, 1.82) is 0 Å². The van der Waals surface area contributed by atoms with Crippen LogP contribution in [-0.2, 0) is 4.57 Å². The van der Waals surface area contributed by atoms with E-state index in [1.807, 2.05) is 60.7 Å². The van der Waals surface area contributed by atoms with Gasteiger partial charge in [0, 0.05) is 22.7 Å². The summed E-state index contributed by atoms with van der Waals surface area (Å²) in [5.41, 5.74) is 0. The molecular weight excluding hydrogens is 347 g/mol. The fraction of sp³-hybridized carbons (Fsp3) is 0.143. The highest BCUT2D eigenvalue weighted by Crippen LogP contribution is 2.49. The molecule has 0 aliphatic carbocycles. The zero-order valence-corrected chi connectivity index (χ0v) is 15.9. The molecule has 4 nitrogen and oxygen atoms in total. The summed E-state index contributed by atoms with van der Waals surface area (Å²) < 4.78 is 31.1. The van der Waals surface area contributed by atoms with Crippen molar-refractivity contribution in [2.24, 2.45) is 0 Å². The van der Waals surface area contributed by atoms with E-state index in [1.165, 1.54) is 0 Å². The minimum Gasteiger partial charge on any atom is -0.496 e. The van der Waals surface area contributed by atoms with E-state index in [1.54, 1.807) is 33.5 Å². The van der Waals surface area contributed by atoms with Gasteiger partial charge in [-0.2, -0.15) is 0 Å². The molecule has 0 aliphatic rings. The Hall–Kier alpha value is -2.71. The second kappa shape index (κ2) is 7.67. The zero-order chi connectivity index (χ0) is 18.6. The third kappa shape index (κ3) is 3.09. The first-order chi connectivity index (χ1) is 12.6. The van der Waals surface area contributed by atoms with Gasteiger partial charge in [0.2, 0.25) is 0 Å². The number of hydrogen-bond donors (Lipinski definition) is 0. The maximum atomic E-state index is 14.6. The Morgan fingerprint density at radius 3 is 1.42 bits per heavy atom. The Morgan fingerprint density at radius 1 is 0.654 bits per heavy atom. The first kappa shape index (κ1) is 18.1. The number of benzene rings is 3. The molecule has 0 aliphatic heterocycles. The van der Waals surface area contributed by atoms with Crippen LogP contribution in [-0.4, -0.2) is 21.3 Å². The molecule has 0 N–H and O–H groups in total. The lowest BCUT2D eigenvalue weighted by molar-refractivity contribution is 0.379. The number of ether oxygens (including phenoxy) is 3. The molecule has 0 radical (unpaired) electrons. The van der Waals surface area contributed by atoms with Gasteiger partial charge in [0.15, 0.2) is 7.14 Å². The minimum atomic E-state index is -3.22. The monoisotopic (exact) mass is 368 g/mol. The quantitative estimate of drug-likeness (QED) is 0.626. The van der Waals surface area contributed by atoms with E-state index < -0.39 is 7.14 Å². The number of hydrogen-bond acceptors (Lipinski definition) is 4. The summed E-state index contributed by atoms with van der Waals surface area (Å²) in [6.45, 7) is 0. The maximum absolute atomic E-state index is 14.6. The molecule has 0 saturated heterocycles. The SMILES string of the molecule is COc1cc(OC)c(P(=O)(c2ccccc2)c2ccccc2)c(OC)c1. The molecule has 5 heteroatoms. The van der Waals surface area contributed by atoms with Crippen LogP contribution >= 0.6 is 7.14 Å². The van der Waals surface area contributed by atoms with E-state index >= 15 is 0 Å². The molecule has 0 atom stereocenters. The third-order valence-corrected chi connectivity index (χ3v) is 7.36. The highest BCUT2D eigenvalue weighted by molar-refractivity contribution is 7.85. The number of rotatable bonds is 6. The van der Waals surface area contributed by atoms with Gasteiger partial charge >= 0.3 is 0 Å². The van der Waals surface area contributed by atoms with Crippen molar-refractivity contribution >= 4 is 23.1 Å². The second-order valence-electron chi connectivity index (χ2n) is 5.66. The van der Waals surface area contributed by atoms with E-state index in [0.29, 0.717) is 33.2 Å². The highest BCUT2D eigenvalue weighted by Gasteiger charge is 2.36. The van der Waals surface area contributed by atoms with E-state index in [9.17, 15) is 4.57 Å². The summed E-state index contributed by atoms with van der Waals surface area (Å²) in [7, 11) is 1.46. The van der Waals surface area contributed by atoms with Crippen molar-refractivity contribution in [3.63, 3.8) is 0 Å². The van der Waals surface area contributed by atoms with Crippen LogP contribution in [0.2, 0.25) is 0 Å². The van der Waals surface area contributed by atoms with Crippen molar-refractivity contribution < 1.29 is 18.8 Å². The molecule has 26 heavy (non-hydrogen) atoms. The zero-order valence-electron chi connectivity index (χ0n) is 15.0. The summed E-state index contributed by atoms with van der Waals surface area (Å²) in [4.78, 5) is 0. The second-order valence-corrected chi connectivity index (χ2v) is 8.36. The van der Waals surface area contributed by atoms with Crippen molar-refractivity contribution in [3.05, 3.63) is 72.8 Å². The molecule has 3 aromatic rings. The van der Waals surface area contributed by atoms with E-state index in [2.05, 4.69) is 0 Å². The first-order valence-corrected chi connectivity index (χ1v) is 9.87. The van der Waals surface area contributed by atoms with Crippen molar-refractivity contribution in [3.8, 4) is 17.2 Å². The van der Waals surface area contributed by atoms with Crippen LogP contribution in [0.4, 0.5) is 0 Å². The lowest BCUT2D eigenvalue weighted by Gasteiger charge is -2.24. The Kier molecular flexibility index (Phi) is 5.34. The van der Waals surface area contributed by atoms with Crippen LogP contribution in [0.3, 0.4) is 0 Å². The third-order valence-electron chi connectivity index (χ3n) is 4.24. The van der Waals surface area contributed by atoms with E-state index in [0.717, 1.165) is 0 Å². The van der Waals surface area contributed by atoms with Gasteiger partial charge in [0.1, 0.15) is 22.6 Å². The molecule has 0 aromatic heterocycles. The molecule has 0 unspecified atom stereocenters. The molecule has 0 spiro atoms. The normalized spacial score (nSPS) is 11.0. The van der Waals surface area contributed by atoms with Gasteiger partial charge in [-0.25, -0.2) is 0 Å². The molecule has 0 bridgehead atoms. The van der Waals surface area contributed by atoms with Crippen LogP contribution in [0.25, 0.3) is 0 Å². The fourth-order valence-corrected chi connectivity index (χ4v) is 5.91. The first-order valence-electron chi connectivity index (χ1n) is 8.17. The lowest BCUT2D eigenvalue weighted by Crippen LogP contribution is -2.27. The number of methoxy groups -OCH3 is 3. The Bertz CT molecular complexity index is 855. The van der Waals surface area contributed by atoms with E-state index in [-0.39, 0.29) is 0 Å². The molecule has 0 fully saturated rings. The lowest BCUT2D eigenvalue weighted by atomic mass is 10.3. The van der Waals surface area contributed by atoms with Crippen LogP contribution in [0, 0.1) is 0 Å². The van der Waals surface area contributed by atoms with Gasteiger partial charge in [0.25, 0.3) is 0 Å². The largest absolute Gasteiger partial charge is 0.496 e. The molecule has 134 valence electrons. The van der Waals surface area contributed by atoms with E-state index in [4.69, 9.17) is 14.2 Å². The maximum Gasteiger partial charge on any atom is 0.178 e. The standard InChI is InChI=1S/C21H21O4P/c1-23-16-14-19(24-2)21(20(15-16)25-3)26(22,17-10-6-4-7-11-17)18-12-8-5-9-13-18/h4-15H,1-3H3. The van der Waals surface area contributed by atoms with Crippen molar-refractivity contribution in [1.82, 2.24) is 0 Å². The van der Waals surface area contributed by atoms with Crippen LogP contribution in [0.5, 0.6) is 17.2 Å². The average molecular weight is 368 g/mol. The van der Waals surface area contributed by atoms with Crippen LogP contribution < -0.4 is 30.1 Å². The van der Waals surface area contributed by atoms with Gasteiger partial charge in [0.05, 0.1) is 21.3 Å². The highest BCUT2D eigenvalue weighted by atomic mass is 31.2. The molecule has 3 aromatic carbocycles. The van der Waals surface area contributed by atoms with Crippen LogP contribution in [0.1, 0.15) is 0 Å². The molecule has 0 heterocycles. The molecule has 0 saturated carbocycles. The predicted molar refractivity (Wildman–Crippen MR) is 105 cm³/mol. The summed E-state index contributed by atoms with van der Waals surface area (Å²) in [6.07, 6.45) is 0. The minimum absolute atomic E-state index is 0.470. The summed E-state index contributed by atoms with van der Waals surface area (Å²) in [5, 5.41) is 1.96. The van der Waals surface area contributed by atoms with Gasteiger partial charge in [-0.1, -0.05) is 60.7 Å².